The van der Waals surface area contributed by atoms with Crippen molar-refractivity contribution in [3.63, 3.8) is 0 Å². The Hall–Kier alpha value is -1.36. The molecule has 2 aromatic heterocycles. The lowest BCUT2D eigenvalue weighted by molar-refractivity contribution is 0.218. The third-order valence-electron chi connectivity index (χ3n) is 4.07. The van der Waals surface area contributed by atoms with Crippen LogP contribution in [0.4, 0.5) is 5.00 Å². The van der Waals surface area contributed by atoms with Crippen molar-refractivity contribution in [1.29, 1.82) is 0 Å². The van der Waals surface area contributed by atoms with Crippen LogP contribution >= 0.6 is 11.3 Å². The lowest BCUT2D eigenvalue weighted by Gasteiger charge is -2.32. The zero-order valence-electron chi connectivity index (χ0n) is 11.3. The Morgan fingerprint density at radius 3 is 2.74 bits per heavy atom. The Morgan fingerprint density at radius 1 is 1.37 bits per heavy atom. The maximum absolute atomic E-state index is 5.89. The van der Waals surface area contributed by atoms with E-state index >= 15 is 0 Å². The minimum absolute atomic E-state index is 0.436. The average Bonchev–Trinajstić information content (AvgIpc) is 2.97. The summed E-state index contributed by atoms with van der Waals surface area (Å²) in [5, 5.41) is 6.83. The smallest absolute Gasteiger partial charge is 0.260 e. The molecule has 0 bridgehead atoms. The molecule has 2 aromatic rings. The maximum atomic E-state index is 5.89. The van der Waals surface area contributed by atoms with E-state index in [-0.39, 0.29) is 0 Å². The number of hydrogen-bond donors (Lipinski definition) is 1. The fourth-order valence-corrected chi connectivity index (χ4v) is 3.30. The van der Waals surface area contributed by atoms with Crippen LogP contribution in [0, 0.1) is 5.41 Å². The monoisotopic (exact) mass is 277 g/mol. The predicted molar refractivity (Wildman–Crippen MR) is 77.0 cm³/mol. The number of nitrogen functional groups attached to an aromatic ring is 1. The van der Waals surface area contributed by atoms with E-state index in [4.69, 9.17) is 10.3 Å². The normalized spacial score (nSPS) is 19.7. The first-order chi connectivity index (χ1) is 9.05. The van der Waals surface area contributed by atoms with Crippen molar-refractivity contribution in [1.82, 2.24) is 10.1 Å². The van der Waals surface area contributed by atoms with Gasteiger partial charge in [-0.25, -0.2) is 0 Å². The molecule has 0 radical (unpaired) electrons. The molecule has 1 aliphatic carbocycles. The van der Waals surface area contributed by atoms with Gasteiger partial charge in [0.05, 0.1) is 10.6 Å². The third kappa shape index (κ3) is 2.52. The molecular formula is C14H19N3OS. The van der Waals surface area contributed by atoms with E-state index in [1.54, 1.807) is 0 Å². The molecule has 0 aromatic carbocycles. The van der Waals surface area contributed by atoms with E-state index in [0.29, 0.717) is 17.2 Å². The summed E-state index contributed by atoms with van der Waals surface area (Å²) in [6.45, 7) is 4.66. The van der Waals surface area contributed by atoms with Gasteiger partial charge in [-0.05, 0) is 42.5 Å². The van der Waals surface area contributed by atoms with E-state index in [9.17, 15) is 0 Å². The summed E-state index contributed by atoms with van der Waals surface area (Å²) in [5.41, 5.74) is 7.21. The van der Waals surface area contributed by atoms with Gasteiger partial charge in [0.15, 0.2) is 5.82 Å². The molecule has 2 N–H and O–H groups in total. The second-order valence-corrected chi connectivity index (χ2v) is 7.04. The molecule has 3 rings (SSSR count). The zero-order valence-corrected chi connectivity index (χ0v) is 12.2. The first-order valence-corrected chi connectivity index (χ1v) is 7.60. The highest BCUT2D eigenvalue weighted by molar-refractivity contribution is 7.14. The topological polar surface area (TPSA) is 64.9 Å². The molecule has 0 unspecified atom stereocenters. The highest BCUT2D eigenvalue weighted by Crippen LogP contribution is 2.42. The van der Waals surface area contributed by atoms with Crippen LogP contribution in [-0.4, -0.2) is 10.1 Å². The first kappa shape index (κ1) is 12.7. The van der Waals surface area contributed by atoms with Gasteiger partial charge < -0.3 is 10.3 Å². The molecule has 19 heavy (non-hydrogen) atoms. The molecule has 0 atom stereocenters. The van der Waals surface area contributed by atoms with Crippen molar-refractivity contribution in [3.8, 4) is 11.5 Å². The molecule has 2 heterocycles. The number of nitrogens with two attached hydrogens (primary N) is 1. The fraction of sp³-hybridized carbons (Fsp3) is 0.571. The molecule has 0 spiro atoms. The lowest BCUT2D eigenvalue weighted by Crippen LogP contribution is -2.20. The molecule has 4 nitrogen and oxygen atoms in total. The van der Waals surface area contributed by atoms with E-state index in [0.717, 1.165) is 29.2 Å². The van der Waals surface area contributed by atoms with Gasteiger partial charge >= 0.3 is 0 Å². The van der Waals surface area contributed by atoms with Crippen molar-refractivity contribution in [3.05, 3.63) is 17.3 Å². The zero-order chi connectivity index (χ0) is 13.5. The van der Waals surface area contributed by atoms with Crippen molar-refractivity contribution < 1.29 is 4.52 Å². The average molecular weight is 277 g/mol. The van der Waals surface area contributed by atoms with Gasteiger partial charge in [-0.1, -0.05) is 19.0 Å². The van der Waals surface area contributed by atoms with Gasteiger partial charge in [0, 0.05) is 5.92 Å². The van der Waals surface area contributed by atoms with E-state index in [1.807, 2.05) is 11.4 Å². The van der Waals surface area contributed by atoms with Crippen molar-refractivity contribution >= 4 is 16.3 Å². The number of anilines is 1. The second kappa shape index (κ2) is 4.63. The number of aromatic nitrogens is 2. The van der Waals surface area contributed by atoms with Gasteiger partial charge in [-0.3, -0.25) is 0 Å². The Bertz CT molecular complexity index is 563. The van der Waals surface area contributed by atoms with Gasteiger partial charge in [-0.15, -0.1) is 11.3 Å². The summed E-state index contributed by atoms with van der Waals surface area (Å²) in [6.07, 6.45) is 4.74. The maximum Gasteiger partial charge on any atom is 0.260 e. The SMILES string of the molecule is CC1(C)CCC(c2noc(-c3ccsc3N)n2)CC1. The van der Waals surface area contributed by atoms with E-state index in [1.165, 1.54) is 24.2 Å². The Balaban J connectivity index is 1.77. The van der Waals surface area contributed by atoms with Crippen LogP contribution in [0.1, 0.15) is 51.3 Å². The van der Waals surface area contributed by atoms with Crippen LogP contribution in [0.25, 0.3) is 11.5 Å². The van der Waals surface area contributed by atoms with E-state index < -0.39 is 0 Å². The molecule has 0 amide bonds. The summed E-state index contributed by atoms with van der Waals surface area (Å²) in [6, 6.07) is 1.93. The van der Waals surface area contributed by atoms with Crippen molar-refractivity contribution in [2.45, 2.75) is 45.4 Å². The molecule has 0 aliphatic heterocycles. The highest BCUT2D eigenvalue weighted by Gasteiger charge is 2.30. The van der Waals surface area contributed by atoms with Gasteiger partial charge in [0.2, 0.25) is 0 Å². The van der Waals surface area contributed by atoms with Crippen LogP contribution in [0.3, 0.4) is 0 Å². The molecule has 1 aliphatic rings. The van der Waals surface area contributed by atoms with E-state index in [2.05, 4.69) is 24.0 Å². The predicted octanol–water partition coefficient (Wildman–Crippen LogP) is 4.06. The lowest BCUT2D eigenvalue weighted by atomic mass is 9.73. The Morgan fingerprint density at radius 2 is 2.11 bits per heavy atom. The number of thiophene rings is 1. The highest BCUT2D eigenvalue weighted by atomic mass is 32.1. The van der Waals surface area contributed by atoms with Crippen LogP contribution in [0.15, 0.2) is 16.0 Å². The number of rotatable bonds is 2. The molecule has 5 heteroatoms. The van der Waals surface area contributed by atoms with Crippen LogP contribution in [-0.2, 0) is 0 Å². The largest absolute Gasteiger partial charge is 0.390 e. The number of hydrogen-bond acceptors (Lipinski definition) is 5. The van der Waals surface area contributed by atoms with Crippen LogP contribution in [0.5, 0.6) is 0 Å². The summed E-state index contributed by atoms with van der Waals surface area (Å²) in [7, 11) is 0. The minimum atomic E-state index is 0.436. The third-order valence-corrected chi connectivity index (χ3v) is 4.82. The van der Waals surface area contributed by atoms with Crippen molar-refractivity contribution in [2.75, 3.05) is 5.73 Å². The second-order valence-electron chi connectivity index (χ2n) is 6.09. The van der Waals surface area contributed by atoms with Gasteiger partial charge in [0.1, 0.15) is 0 Å². The first-order valence-electron chi connectivity index (χ1n) is 6.72. The van der Waals surface area contributed by atoms with Crippen molar-refractivity contribution in [2.24, 2.45) is 5.41 Å². The van der Waals surface area contributed by atoms with Gasteiger partial charge in [-0.2, -0.15) is 4.98 Å². The summed E-state index contributed by atoms with van der Waals surface area (Å²) in [5.74, 6) is 1.83. The molecule has 1 fully saturated rings. The van der Waals surface area contributed by atoms with Crippen LogP contribution < -0.4 is 5.73 Å². The quantitative estimate of drug-likeness (QED) is 0.898. The number of nitrogens with zero attached hydrogens (tertiary/aromatic N) is 2. The Labute approximate surface area is 117 Å². The summed E-state index contributed by atoms with van der Waals surface area (Å²) < 4.78 is 5.36. The minimum Gasteiger partial charge on any atom is -0.390 e. The molecule has 1 saturated carbocycles. The van der Waals surface area contributed by atoms with Gasteiger partial charge in [0.25, 0.3) is 5.89 Å². The Kier molecular flexibility index (Phi) is 3.09. The van der Waals surface area contributed by atoms with Crippen LogP contribution in [0.2, 0.25) is 0 Å². The summed E-state index contributed by atoms with van der Waals surface area (Å²) in [4.78, 5) is 4.53. The molecule has 0 saturated heterocycles. The summed E-state index contributed by atoms with van der Waals surface area (Å²) >= 11 is 1.49. The molecule has 102 valence electrons. The standard InChI is InChI=1S/C14H19N3OS/c1-14(2)6-3-9(4-7-14)12-16-13(18-17-12)10-5-8-19-11(10)15/h5,8-9H,3-4,6-7,15H2,1-2H3. The molecular weight excluding hydrogens is 258 g/mol. The fourth-order valence-electron chi connectivity index (χ4n) is 2.67.